The second-order valence-corrected chi connectivity index (χ2v) is 4.64. The molecule has 0 unspecified atom stereocenters. The maximum absolute atomic E-state index is 13.6. The van der Waals surface area contributed by atoms with E-state index >= 15 is 0 Å². The molecule has 2 aromatic rings. The summed E-state index contributed by atoms with van der Waals surface area (Å²) >= 11 is 3.37. The fourth-order valence-electron chi connectivity index (χ4n) is 1.55. The number of benzene rings is 2. The first-order valence-electron chi connectivity index (χ1n) is 5.76. The summed E-state index contributed by atoms with van der Waals surface area (Å²) in [5.74, 6) is 0.581. The molecule has 2 N–H and O–H groups in total. The lowest BCUT2D eigenvalue weighted by molar-refractivity contribution is 0.319. The Labute approximate surface area is 119 Å². The highest BCUT2D eigenvalue weighted by Gasteiger charge is 2.11. The zero-order valence-electron chi connectivity index (χ0n) is 10.3. The molecule has 2 aromatic carbocycles. The standard InChI is InChI=1S/C14H13BrFNO2/c1-2-18-13-8-14(11(17)7-10(13)16)19-12-6-4-3-5-9(12)15/h3-8H,2,17H2,1H3. The van der Waals surface area contributed by atoms with E-state index in [1.165, 1.54) is 12.1 Å². The predicted octanol–water partition coefficient (Wildman–Crippen LogP) is 4.36. The number of ether oxygens (including phenoxy) is 2. The van der Waals surface area contributed by atoms with Crippen molar-refractivity contribution in [2.24, 2.45) is 0 Å². The highest BCUT2D eigenvalue weighted by Crippen LogP contribution is 2.36. The van der Waals surface area contributed by atoms with Gasteiger partial charge in [0, 0.05) is 12.1 Å². The van der Waals surface area contributed by atoms with Gasteiger partial charge in [-0.3, -0.25) is 0 Å². The van der Waals surface area contributed by atoms with E-state index in [1.54, 1.807) is 13.0 Å². The monoisotopic (exact) mass is 325 g/mol. The molecule has 2 rings (SSSR count). The van der Waals surface area contributed by atoms with Gasteiger partial charge in [0.15, 0.2) is 17.3 Å². The van der Waals surface area contributed by atoms with E-state index in [-0.39, 0.29) is 11.4 Å². The highest BCUT2D eigenvalue weighted by atomic mass is 79.9. The van der Waals surface area contributed by atoms with E-state index in [0.29, 0.717) is 18.1 Å². The van der Waals surface area contributed by atoms with Gasteiger partial charge in [0.25, 0.3) is 0 Å². The fraction of sp³-hybridized carbons (Fsp3) is 0.143. The molecule has 100 valence electrons. The second kappa shape index (κ2) is 5.93. The molecule has 3 nitrogen and oxygen atoms in total. The summed E-state index contributed by atoms with van der Waals surface area (Å²) in [6, 6.07) is 9.98. The van der Waals surface area contributed by atoms with Gasteiger partial charge < -0.3 is 15.2 Å². The van der Waals surface area contributed by atoms with Crippen LogP contribution >= 0.6 is 15.9 Å². The Morgan fingerprint density at radius 2 is 1.89 bits per heavy atom. The molecular formula is C14H13BrFNO2. The van der Waals surface area contributed by atoms with Crippen molar-refractivity contribution in [2.75, 3.05) is 12.3 Å². The average Bonchev–Trinajstić information content (AvgIpc) is 2.38. The number of hydrogen-bond donors (Lipinski definition) is 1. The third-order valence-electron chi connectivity index (χ3n) is 2.42. The maximum Gasteiger partial charge on any atom is 0.167 e. The minimum atomic E-state index is -0.501. The first-order chi connectivity index (χ1) is 9.11. The van der Waals surface area contributed by atoms with E-state index < -0.39 is 5.82 Å². The lowest BCUT2D eigenvalue weighted by atomic mass is 10.2. The van der Waals surface area contributed by atoms with Crippen molar-refractivity contribution in [3.63, 3.8) is 0 Å². The topological polar surface area (TPSA) is 44.5 Å². The maximum atomic E-state index is 13.6. The van der Waals surface area contributed by atoms with Crippen LogP contribution in [-0.4, -0.2) is 6.61 Å². The van der Waals surface area contributed by atoms with Crippen molar-refractivity contribution in [1.29, 1.82) is 0 Å². The minimum Gasteiger partial charge on any atom is -0.491 e. The summed E-state index contributed by atoms with van der Waals surface area (Å²) in [6.07, 6.45) is 0. The van der Waals surface area contributed by atoms with Crippen LogP contribution in [0.5, 0.6) is 17.2 Å². The Bertz CT molecular complexity index is 590. The van der Waals surface area contributed by atoms with Gasteiger partial charge >= 0.3 is 0 Å². The number of rotatable bonds is 4. The second-order valence-electron chi connectivity index (χ2n) is 3.79. The van der Waals surface area contributed by atoms with Crippen LogP contribution < -0.4 is 15.2 Å². The third-order valence-corrected chi connectivity index (χ3v) is 3.08. The number of nitrogen functional groups attached to an aromatic ring is 1. The number of nitrogens with two attached hydrogens (primary N) is 1. The van der Waals surface area contributed by atoms with Crippen molar-refractivity contribution in [3.05, 3.63) is 46.7 Å². The van der Waals surface area contributed by atoms with Crippen molar-refractivity contribution in [2.45, 2.75) is 6.92 Å². The molecule has 19 heavy (non-hydrogen) atoms. The highest BCUT2D eigenvalue weighted by molar-refractivity contribution is 9.10. The minimum absolute atomic E-state index is 0.124. The van der Waals surface area contributed by atoms with Crippen molar-refractivity contribution in [1.82, 2.24) is 0 Å². The molecule has 0 saturated carbocycles. The summed E-state index contributed by atoms with van der Waals surface area (Å²) in [5, 5.41) is 0. The molecule has 0 atom stereocenters. The molecule has 0 aliphatic carbocycles. The lowest BCUT2D eigenvalue weighted by Gasteiger charge is -2.12. The van der Waals surface area contributed by atoms with Crippen molar-refractivity contribution in [3.8, 4) is 17.2 Å². The largest absolute Gasteiger partial charge is 0.491 e. The van der Waals surface area contributed by atoms with Crippen molar-refractivity contribution < 1.29 is 13.9 Å². The number of para-hydroxylation sites is 1. The molecule has 0 aliphatic rings. The van der Waals surface area contributed by atoms with E-state index in [2.05, 4.69) is 15.9 Å². The first-order valence-corrected chi connectivity index (χ1v) is 6.55. The molecule has 0 amide bonds. The molecular weight excluding hydrogens is 313 g/mol. The van der Waals surface area contributed by atoms with Crippen LogP contribution in [0.4, 0.5) is 10.1 Å². The summed E-state index contributed by atoms with van der Waals surface area (Å²) in [6.45, 7) is 2.15. The fourth-order valence-corrected chi connectivity index (χ4v) is 1.92. The quantitative estimate of drug-likeness (QED) is 0.849. The summed E-state index contributed by atoms with van der Waals surface area (Å²) in [4.78, 5) is 0. The van der Waals surface area contributed by atoms with Gasteiger partial charge in [0.2, 0.25) is 0 Å². The Morgan fingerprint density at radius 1 is 1.16 bits per heavy atom. The number of halogens is 2. The van der Waals surface area contributed by atoms with Crippen LogP contribution in [0.1, 0.15) is 6.92 Å². The van der Waals surface area contributed by atoms with E-state index in [0.717, 1.165) is 4.47 Å². The Hall–Kier alpha value is -1.75. The van der Waals surface area contributed by atoms with Gasteiger partial charge in [-0.15, -0.1) is 0 Å². The molecule has 0 fully saturated rings. The van der Waals surface area contributed by atoms with Gasteiger partial charge in [0.05, 0.1) is 16.8 Å². The Morgan fingerprint density at radius 3 is 2.58 bits per heavy atom. The van der Waals surface area contributed by atoms with Crippen LogP contribution in [0.15, 0.2) is 40.9 Å². The van der Waals surface area contributed by atoms with E-state index in [9.17, 15) is 4.39 Å². The molecule has 0 aliphatic heterocycles. The zero-order chi connectivity index (χ0) is 13.8. The average molecular weight is 326 g/mol. The third kappa shape index (κ3) is 3.17. The van der Waals surface area contributed by atoms with Crippen LogP contribution in [-0.2, 0) is 0 Å². The molecule has 0 saturated heterocycles. The normalized spacial score (nSPS) is 10.3. The lowest BCUT2D eigenvalue weighted by Crippen LogP contribution is -1.99. The Balaban J connectivity index is 2.34. The van der Waals surface area contributed by atoms with Gasteiger partial charge in [-0.2, -0.15) is 0 Å². The van der Waals surface area contributed by atoms with Gasteiger partial charge in [-0.05, 0) is 35.0 Å². The van der Waals surface area contributed by atoms with Crippen LogP contribution in [0.25, 0.3) is 0 Å². The van der Waals surface area contributed by atoms with Crippen LogP contribution in [0.3, 0.4) is 0 Å². The molecule has 0 radical (unpaired) electrons. The first kappa shape index (κ1) is 13.7. The zero-order valence-corrected chi connectivity index (χ0v) is 11.9. The molecule has 0 heterocycles. The molecule has 5 heteroatoms. The van der Waals surface area contributed by atoms with Crippen molar-refractivity contribution >= 4 is 21.6 Å². The Kier molecular flexibility index (Phi) is 4.27. The molecule has 0 aromatic heterocycles. The van der Waals surface area contributed by atoms with Crippen LogP contribution in [0, 0.1) is 5.82 Å². The summed E-state index contributed by atoms with van der Waals surface area (Å²) in [5.41, 5.74) is 5.97. The number of hydrogen-bond acceptors (Lipinski definition) is 3. The molecule has 0 bridgehead atoms. The number of anilines is 1. The van der Waals surface area contributed by atoms with Gasteiger partial charge in [-0.25, -0.2) is 4.39 Å². The SMILES string of the molecule is CCOc1cc(Oc2ccccc2Br)c(N)cc1F. The predicted molar refractivity (Wildman–Crippen MR) is 76.2 cm³/mol. The smallest absolute Gasteiger partial charge is 0.167 e. The van der Waals surface area contributed by atoms with Gasteiger partial charge in [0.1, 0.15) is 5.75 Å². The van der Waals surface area contributed by atoms with Gasteiger partial charge in [-0.1, -0.05) is 12.1 Å². The van der Waals surface area contributed by atoms with Crippen LogP contribution in [0.2, 0.25) is 0 Å². The van der Waals surface area contributed by atoms with E-state index in [1.807, 2.05) is 18.2 Å². The van der Waals surface area contributed by atoms with E-state index in [4.69, 9.17) is 15.2 Å². The summed E-state index contributed by atoms with van der Waals surface area (Å²) in [7, 11) is 0. The molecule has 0 spiro atoms. The summed E-state index contributed by atoms with van der Waals surface area (Å²) < 4.78 is 25.2.